The van der Waals surface area contributed by atoms with Crippen molar-refractivity contribution < 1.29 is 19.1 Å². The van der Waals surface area contributed by atoms with Crippen LogP contribution in [-0.2, 0) is 19.1 Å². The molecule has 3 heterocycles. The van der Waals surface area contributed by atoms with Gasteiger partial charge in [0.2, 0.25) is 5.91 Å². The minimum atomic E-state index is -0.472. The van der Waals surface area contributed by atoms with Crippen LogP contribution in [-0.4, -0.2) is 72.8 Å². The molecule has 9 heteroatoms. The van der Waals surface area contributed by atoms with Crippen LogP contribution >= 0.6 is 11.8 Å². The molecule has 1 saturated heterocycles. The Morgan fingerprint density at radius 3 is 2.50 bits per heavy atom. The molecule has 0 aliphatic carbocycles. The van der Waals surface area contributed by atoms with Crippen LogP contribution in [0.25, 0.3) is 5.70 Å². The minimum Gasteiger partial charge on any atom is -0.463 e. The number of morpholine rings is 1. The molecule has 3 aliphatic rings. The molecule has 1 fully saturated rings. The van der Waals surface area contributed by atoms with E-state index in [0.29, 0.717) is 17.8 Å². The molecule has 3 aliphatic heterocycles. The predicted octanol–water partition coefficient (Wildman–Crippen LogP) is 3.80. The lowest BCUT2D eigenvalue weighted by Gasteiger charge is -2.36. The van der Waals surface area contributed by atoms with Gasteiger partial charge in [0.05, 0.1) is 43.6 Å². The molecule has 0 saturated carbocycles. The normalized spacial score (nSPS) is 19.5. The van der Waals surface area contributed by atoms with E-state index in [-0.39, 0.29) is 18.9 Å². The third kappa shape index (κ3) is 5.85. The molecule has 0 radical (unpaired) electrons. The average molecular weight is 533 g/mol. The number of thioether (sulfide) groups is 1. The average Bonchev–Trinajstić information content (AvgIpc) is 3.35. The number of rotatable bonds is 9. The smallest absolute Gasteiger partial charge is 0.338 e. The van der Waals surface area contributed by atoms with E-state index < -0.39 is 12.0 Å². The number of nitrogens with one attached hydrogen (secondary N) is 1. The van der Waals surface area contributed by atoms with Gasteiger partial charge in [-0.3, -0.25) is 9.69 Å². The summed E-state index contributed by atoms with van der Waals surface area (Å²) in [6.07, 6.45) is 0.190. The van der Waals surface area contributed by atoms with Crippen molar-refractivity contribution in [3.05, 3.63) is 88.5 Å². The Labute approximate surface area is 227 Å². The number of carbonyl (C=O) groups is 2. The van der Waals surface area contributed by atoms with Gasteiger partial charge < -0.3 is 19.7 Å². The van der Waals surface area contributed by atoms with Gasteiger partial charge in [-0.05, 0) is 17.9 Å². The molecule has 0 bridgehead atoms. The molecule has 2 aromatic carbocycles. The molecule has 8 nitrogen and oxygen atoms in total. The van der Waals surface area contributed by atoms with Crippen molar-refractivity contribution >= 4 is 34.5 Å². The molecule has 0 unspecified atom stereocenters. The summed E-state index contributed by atoms with van der Waals surface area (Å²) in [6, 6.07) is 19.1. The highest BCUT2D eigenvalue weighted by molar-refractivity contribution is 8.16. The second-order valence-corrected chi connectivity index (χ2v) is 9.97. The molecule has 0 aromatic heterocycles. The molecule has 1 N–H and O–H groups in total. The third-order valence-electron chi connectivity index (χ3n) is 6.66. The zero-order valence-electron chi connectivity index (χ0n) is 21.5. The maximum atomic E-state index is 13.5. The van der Waals surface area contributed by atoms with Crippen molar-refractivity contribution in [3.63, 3.8) is 0 Å². The number of amidine groups is 1. The highest BCUT2D eigenvalue weighted by Crippen LogP contribution is 2.46. The van der Waals surface area contributed by atoms with Crippen LogP contribution in [0.4, 0.5) is 0 Å². The Balaban J connectivity index is 1.43. The van der Waals surface area contributed by atoms with Crippen molar-refractivity contribution in [2.24, 2.45) is 4.99 Å². The van der Waals surface area contributed by atoms with E-state index in [9.17, 15) is 9.59 Å². The first-order chi connectivity index (χ1) is 18.7. The number of ether oxygens (including phenoxy) is 2. The van der Waals surface area contributed by atoms with Crippen molar-refractivity contribution in [3.8, 4) is 0 Å². The maximum absolute atomic E-state index is 13.5. The summed E-state index contributed by atoms with van der Waals surface area (Å²) < 4.78 is 10.9. The van der Waals surface area contributed by atoms with E-state index in [1.165, 1.54) is 11.8 Å². The van der Waals surface area contributed by atoms with E-state index >= 15 is 0 Å². The van der Waals surface area contributed by atoms with Crippen LogP contribution in [0.3, 0.4) is 0 Å². The Kier molecular flexibility index (Phi) is 8.58. The van der Waals surface area contributed by atoms with E-state index in [1.54, 1.807) is 6.92 Å². The SMILES string of the molecule is CCOC(=O)C1=C(c2ccccc2)N=C2SC=C(CC(=O)NCCN3CCOCC3)N2[C@H]1c1ccccc1. The second-order valence-electron chi connectivity index (χ2n) is 9.13. The van der Waals surface area contributed by atoms with Crippen LogP contribution in [0.5, 0.6) is 0 Å². The van der Waals surface area contributed by atoms with Gasteiger partial charge in [-0.1, -0.05) is 72.4 Å². The Bertz CT molecular complexity index is 1240. The quantitative estimate of drug-likeness (QED) is 0.492. The van der Waals surface area contributed by atoms with E-state index in [1.807, 2.05) is 71.0 Å². The standard InChI is InChI=1S/C29H32N4O4S/c1-2-37-28(35)25-26(21-9-5-3-6-10-21)31-29-33(27(25)22-11-7-4-8-12-22)23(20-38-29)19-24(34)30-13-14-32-15-17-36-18-16-32/h3-12,20,27H,2,13-19H2,1H3,(H,30,34)/t27-/m0/s1. The highest BCUT2D eigenvalue weighted by atomic mass is 32.2. The number of nitrogens with zero attached hydrogens (tertiary/aromatic N) is 3. The van der Waals surface area contributed by atoms with Crippen LogP contribution < -0.4 is 5.32 Å². The number of carbonyl (C=O) groups excluding carboxylic acids is 2. The first kappa shape index (κ1) is 26.2. The molecule has 1 atom stereocenters. The number of benzene rings is 2. The van der Waals surface area contributed by atoms with Crippen LogP contribution in [0.15, 0.2) is 82.3 Å². The molecule has 38 heavy (non-hydrogen) atoms. The molecule has 1 amide bonds. The Hall–Kier alpha value is -3.40. The van der Waals surface area contributed by atoms with E-state index in [2.05, 4.69) is 10.2 Å². The Morgan fingerprint density at radius 2 is 1.79 bits per heavy atom. The maximum Gasteiger partial charge on any atom is 0.338 e. The fraction of sp³-hybridized carbons (Fsp3) is 0.345. The van der Waals surface area contributed by atoms with Gasteiger partial charge in [-0.2, -0.15) is 0 Å². The molecular formula is C29H32N4O4S. The first-order valence-electron chi connectivity index (χ1n) is 13.0. The molecule has 2 aromatic rings. The summed E-state index contributed by atoms with van der Waals surface area (Å²) in [5, 5.41) is 5.76. The van der Waals surface area contributed by atoms with Gasteiger partial charge in [0.1, 0.15) is 0 Å². The lowest BCUT2D eigenvalue weighted by atomic mass is 9.91. The molecule has 5 rings (SSSR count). The van der Waals surface area contributed by atoms with E-state index in [0.717, 1.165) is 54.8 Å². The number of aliphatic imine (C=N–C) groups is 1. The number of fused-ring (bicyclic) bond motifs is 1. The van der Waals surface area contributed by atoms with Crippen molar-refractivity contribution in [2.45, 2.75) is 19.4 Å². The fourth-order valence-corrected chi connectivity index (χ4v) is 5.76. The van der Waals surface area contributed by atoms with Crippen LogP contribution in [0.2, 0.25) is 0 Å². The Morgan fingerprint density at radius 1 is 1.08 bits per heavy atom. The van der Waals surface area contributed by atoms with Crippen LogP contribution in [0, 0.1) is 0 Å². The molecular weight excluding hydrogens is 500 g/mol. The first-order valence-corrected chi connectivity index (χ1v) is 13.9. The molecule has 198 valence electrons. The van der Waals surface area contributed by atoms with Crippen LogP contribution in [0.1, 0.15) is 30.5 Å². The third-order valence-corrected chi connectivity index (χ3v) is 7.55. The van der Waals surface area contributed by atoms with Gasteiger partial charge in [-0.25, -0.2) is 9.79 Å². The van der Waals surface area contributed by atoms with Crippen molar-refractivity contribution in [1.29, 1.82) is 0 Å². The fourth-order valence-electron chi connectivity index (χ4n) is 4.84. The zero-order valence-corrected chi connectivity index (χ0v) is 22.3. The monoisotopic (exact) mass is 532 g/mol. The zero-order chi connectivity index (χ0) is 26.3. The second kappa shape index (κ2) is 12.4. The van der Waals surface area contributed by atoms with Gasteiger partial charge >= 0.3 is 5.97 Å². The number of amides is 1. The van der Waals surface area contributed by atoms with Gasteiger partial charge in [-0.15, -0.1) is 0 Å². The van der Waals surface area contributed by atoms with Gasteiger partial charge in [0.15, 0.2) is 5.17 Å². The largest absolute Gasteiger partial charge is 0.463 e. The van der Waals surface area contributed by atoms with Gasteiger partial charge in [0, 0.05) is 37.4 Å². The summed E-state index contributed by atoms with van der Waals surface area (Å²) in [5.41, 5.74) is 3.65. The number of hydrogen-bond donors (Lipinski definition) is 1. The number of esters is 1. The molecule has 0 spiro atoms. The van der Waals surface area contributed by atoms with Crippen molar-refractivity contribution in [1.82, 2.24) is 15.1 Å². The van der Waals surface area contributed by atoms with E-state index in [4.69, 9.17) is 14.5 Å². The van der Waals surface area contributed by atoms with Gasteiger partial charge in [0.25, 0.3) is 0 Å². The summed E-state index contributed by atoms with van der Waals surface area (Å²) in [5.74, 6) is -0.470. The number of hydrogen-bond acceptors (Lipinski definition) is 8. The van der Waals surface area contributed by atoms with Crippen molar-refractivity contribution in [2.75, 3.05) is 46.0 Å². The summed E-state index contributed by atoms with van der Waals surface area (Å²) >= 11 is 1.47. The summed E-state index contributed by atoms with van der Waals surface area (Å²) in [7, 11) is 0. The highest BCUT2D eigenvalue weighted by Gasteiger charge is 2.42. The predicted molar refractivity (Wildman–Crippen MR) is 149 cm³/mol. The minimum absolute atomic E-state index is 0.0614. The topological polar surface area (TPSA) is 83.5 Å². The summed E-state index contributed by atoms with van der Waals surface area (Å²) in [4.78, 5) is 35.7. The lowest BCUT2D eigenvalue weighted by molar-refractivity contribution is -0.139. The summed E-state index contributed by atoms with van der Waals surface area (Å²) in [6.45, 7) is 6.66. The lowest BCUT2D eigenvalue weighted by Crippen LogP contribution is -2.42.